The maximum absolute atomic E-state index is 5.31. The van der Waals surface area contributed by atoms with Crippen molar-refractivity contribution in [1.29, 1.82) is 0 Å². The molecule has 0 aliphatic carbocycles. The van der Waals surface area contributed by atoms with Crippen molar-refractivity contribution < 1.29 is 4.52 Å². The Balaban J connectivity index is 1.56. The minimum atomic E-state index is 0.145. The Labute approximate surface area is 184 Å². The molecule has 0 amide bonds. The minimum Gasteiger partial charge on any atom is -0.357 e. The van der Waals surface area contributed by atoms with Gasteiger partial charge >= 0.3 is 0 Å². The van der Waals surface area contributed by atoms with E-state index in [1.807, 2.05) is 18.2 Å². The van der Waals surface area contributed by atoms with Crippen molar-refractivity contribution in [3.05, 3.63) is 65.6 Å². The van der Waals surface area contributed by atoms with Crippen molar-refractivity contribution in [3.63, 3.8) is 0 Å². The molecule has 0 radical (unpaired) electrons. The van der Waals surface area contributed by atoms with Crippen molar-refractivity contribution in [2.45, 2.75) is 46.6 Å². The summed E-state index contributed by atoms with van der Waals surface area (Å²) in [5.74, 6) is 2.48. The third-order valence-electron chi connectivity index (χ3n) is 4.78. The number of aromatic nitrogens is 3. The highest BCUT2D eigenvalue weighted by Gasteiger charge is 2.11. The zero-order valence-corrected chi connectivity index (χ0v) is 18.8. The molecule has 7 nitrogen and oxygen atoms in total. The third kappa shape index (κ3) is 6.91. The van der Waals surface area contributed by atoms with Crippen LogP contribution < -0.4 is 10.6 Å². The summed E-state index contributed by atoms with van der Waals surface area (Å²) >= 11 is 0. The molecule has 0 bridgehead atoms. The van der Waals surface area contributed by atoms with Crippen LogP contribution in [0.1, 0.15) is 50.7 Å². The monoisotopic (exact) mass is 420 g/mol. The van der Waals surface area contributed by atoms with Gasteiger partial charge < -0.3 is 15.2 Å². The number of rotatable bonds is 9. The molecule has 2 heterocycles. The fourth-order valence-corrected chi connectivity index (χ4v) is 3.24. The fourth-order valence-electron chi connectivity index (χ4n) is 3.24. The molecule has 31 heavy (non-hydrogen) atoms. The Morgan fingerprint density at radius 1 is 1.10 bits per heavy atom. The van der Waals surface area contributed by atoms with E-state index in [2.05, 4.69) is 82.7 Å². The number of hydrogen-bond acceptors (Lipinski definition) is 5. The first-order chi connectivity index (χ1) is 15.0. The van der Waals surface area contributed by atoms with Crippen molar-refractivity contribution in [3.8, 4) is 11.6 Å². The molecule has 3 rings (SSSR count). The molecule has 0 saturated heterocycles. The van der Waals surface area contributed by atoms with Crippen LogP contribution in [0.3, 0.4) is 0 Å². The molecule has 0 fully saturated rings. The molecule has 2 N–H and O–H groups in total. The number of benzene rings is 1. The van der Waals surface area contributed by atoms with Crippen molar-refractivity contribution in [2.24, 2.45) is 10.9 Å². The molecule has 0 aliphatic heterocycles. The van der Waals surface area contributed by atoms with Crippen LogP contribution in [-0.4, -0.2) is 34.2 Å². The van der Waals surface area contributed by atoms with Gasteiger partial charge in [-0.2, -0.15) is 4.98 Å². The summed E-state index contributed by atoms with van der Waals surface area (Å²) in [6.45, 7) is 10.0. The van der Waals surface area contributed by atoms with Gasteiger partial charge in [0.25, 0.3) is 5.89 Å². The zero-order valence-electron chi connectivity index (χ0n) is 18.8. The molecule has 0 saturated carbocycles. The van der Waals surface area contributed by atoms with Crippen LogP contribution in [-0.2, 0) is 12.8 Å². The Kier molecular flexibility index (Phi) is 8.15. The van der Waals surface area contributed by atoms with Crippen LogP contribution in [0.2, 0.25) is 0 Å². The molecule has 164 valence electrons. The Hall–Kier alpha value is -3.22. The van der Waals surface area contributed by atoms with Gasteiger partial charge in [0.05, 0.1) is 6.04 Å². The second-order valence-corrected chi connectivity index (χ2v) is 7.95. The highest BCUT2D eigenvalue weighted by Crippen LogP contribution is 2.16. The van der Waals surface area contributed by atoms with Gasteiger partial charge in [-0.05, 0) is 49.4 Å². The molecule has 3 aromatic rings. The number of nitrogens with zero attached hydrogens (tertiary/aromatic N) is 4. The molecule has 2 aromatic heterocycles. The van der Waals surface area contributed by atoms with E-state index in [1.165, 1.54) is 11.1 Å². The van der Waals surface area contributed by atoms with Gasteiger partial charge in [-0.15, -0.1) is 0 Å². The number of guanidine groups is 1. The molecule has 1 aromatic carbocycles. The van der Waals surface area contributed by atoms with Gasteiger partial charge in [-0.1, -0.05) is 49.3 Å². The molecule has 1 unspecified atom stereocenters. The van der Waals surface area contributed by atoms with Gasteiger partial charge in [-0.25, -0.2) is 0 Å². The summed E-state index contributed by atoms with van der Waals surface area (Å²) in [5, 5.41) is 10.8. The third-order valence-corrected chi connectivity index (χ3v) is 4.78. The van der Waals surface area contributed by atoms with E-state index in [4.69, 9.17) is 4.52 Å². The minimum absolute atomic E-state index is 0.145. The van der Waals surface area contributed by atoms with E-state index < -0.39 is 0 Å². The maximum Gasteiger partial charge on any atom is 0.276 e. The molecule has 7 heteroatoms. The van der Waals surface area contributed by atoms with Gasteiger partial charge in [-0.3, -0.25) is 9.98 Å². The number of nitrogens with one attached hydrogen (secondary N) is 2. The summed E-state index contributed by atoms with van der Waals surface area (Å²) in [5.41, 5.74) is 3.28. The highest BCUT2D eigenvalue weighted by molar-refractivity contribution is 5.80. The quantitative estimate of drug-likeness (QED) is 0.399. The van der Waals surface area contributed by atoms with Crippen molar-refractivity contribution in [2.75, 3.05) is 13.1 Å². The Morgan fingerprint density at radius 2 is 1.90 bits per heavy atom. The Bertz CT molecular complexity index is 950. The first kappa shape index (κ1) is 22.5. The van der Waals surface area contributed by atoms with Crippen LogP contribution in [0.4, 0.5) is 0 Å². The normalized spacial score (nSPS) is 12.7. The summed E-state index contributed by atoms with van der Waals surface area (Å²) in [6, 6.07) is 14.6. The van der Waals surface area contributed by atoms with Gasteiger partial charge in [0, 0.05) is 25.7 Å². The zero-order chi connectivity index (χ0) is 22.1. The fraction of sp³-hybridized carbons (Fsp3) is 0.417. The Morgan fingerprint density at radius 3 is 2.58 bits per heavy atom. The average Bonchev–Trinajstić information content (AvgIpc) is 3.23. The maximum atomic E-state index is 5.31. The largest absolute Gasteiger partial charge is 0.357 e. The van der Waals surface area contributed by atoms with Crippen molar-refractivity contribution in [1.82, 2.24) is 25.8 Å². The summed E-state index contributed by atoms with van der Waals surface area (Å²) in [6.07, 6.45) is 3.40. The van der Waals surface area contributed by atoms with Crippen LogP contribution in [0.25, 0.3) is 11.6 Å². The van der Waals surface area contributed by atoms with E-state index >= 15 is 0 Å². The van der Waals surface area contributed by atoms with Crippen LogP contribution in [0.5, 0.6) is 0 Å². The second kappa shape index (κ2) is 11.2. The second-order valence-electron chi connectivity index (χ2n) is 7.95. The van der Waals surface area contributed by atoms with E-state index in [1.54, 1.807) is 6.20 Å². The number of hydrogen-bond donors (Lipinski definition) is 2. The predicted molar refractivity (Wildman–Crippen MR) is 124 cm³/mol. The predicted octanol–water partition coefficient (Wildman–Crippen LogP) is 4.19. The smallest absolute Gasteiger partial charge is 0.276 e. The lowest BCUT2D eigenvalue weighted by Crippen LogP contribution is -2.38. The van der Waals surface area contributed by atoms with Crippen molar-refractivity contribution >= 4 is 5.96 Å². The first-order valence-corrected chi connectivity index (χ1v) is 10.9. The average molecular weight is 421 g/mol. The number of pyridine rings is 1. The lowest BCUT2D eigenvalue weighted by Gasteiger charge is -2.18. The van der Waals surface area contributed by atoms with Crippen LogP contribution in [0, 0.1) is 5.92 Å². The van der Waals surface area contributed by atoms with Gasteiger partial charge in [0.2, 0.25) is 0 Å². The standard InChI is InChI=1S/C24H32N6O/c1-5-25-24(28-18(4)20-11-9-19(10-12-20)16-17(2)3)27-15-13-22-29-23(31-30-22)21-8-6-7-14-26-21/h6-12,14,17-18H,5,13,15-16H2,1-4H3,(H2,25,27,28). The van der Waals surface area contributed by atoms with E-state index in [-0.39, 0.29) is 6.04 Å². The number of aliphatic imine (C=N–C) groups is 1. The molecule has 1 atom stereocenters. The highest BCUT2D eigenvalue weighted by atomic mass is 16.5. The summed E-state index contributed by atoms with van der Waals surface area (Å²) in [7, 11) is 0. The van der Waals surface area contributed by atoms with E-state index in [9.17, 15) is 0 Å². The first-order valence-electron chi connectivity index (χ1n) is 10.9. The molecular formula is C24H32N6O. The van der Waals surface area contributed by atoms with Gasteiger partial charge in [0.15, 0.2) is 11.8 Å². The molecule has 0 aliphatic rings. The van der Waals surface area contributed by atoms with Gasteiger partial charge in [0.1, 0.15) is 5.69 Å². The SMILES string of the molecule is CCNC(=NCCc1noc(-c2ccccn2)n1)NC(C)c1ccc(CC(C)C)cc1. The summed E-state index contributed by atoms with van der Waals surface area (Å²) < 4.78 is 5.31. The van der Waals surface area contributed by atoms with Crippen LogP contribution in [0.15, 0.2) is 58.2 Å². The topological polar surface area (TPSA) is 88.2 Å². The molecule has 0 spiro atoms. The van der Waals surface area contributed by atoms with Crippen LogP contribution >= 0.6 is 0 Å². The summed E-state index contributed by atoms with van der Waals surface area (Å²) in [4.78, 5) is 13.3. The lowest BCUT2D eigenvalue weighted by atomic mass is 10.00. The van der Waals surface area contributed by atoms with E-state index in [0.717, 1.165) is 18.9 Å². The lowest BCUT2D eigenvalue weighted by molar-refractivity contribution is 0.421. The van der Waals surface area contributed by atoms with E-state index in [0.29, 0.717) is 36.3 Å². The molecular weight excluding hydrogens is 388 g/mol.